The van der Waals surface area contributed by atoms with Crippen LogP contribution in [0.3, 0.4) is 0 Å². The molecule has 1 saturated heterocycles. The van der Waals surface area contributed by atoms with Gasteiger partial charge in [-0.1, -0.05) is 0 Å². The Labute approximate surface area is 125 Å². The zero-order chi connectivity index (χ0) is 13.9. The third kappa shape index (κ3) is 3.84. The summed E-state index contributed by atoms with van der Waals surface area (Å²) in [6, 6.07) is 0. The van der Waals surface area contributed by atoms with Crippen molar-refractivity contribution < 1.29 is 19.1 Å². The van der Waals surface area contributed by atoms with Crippen molar-refractivity contribution in [1.29, 1.82) is 0 Å². The first-order chi connectivity index (χ1) is 9.08. The third-order valence-corrected chi connectivity index (χ3v) is 4.07. The lowest BCUT2D eigenvalue weighted by Crippen LogP contribution is -2.57. The monoisotopic (exact) mass is 306 g/mol. The van der Waals surface area contributed by atoms with Crippen LogP contribution in [0.2, 0.25) is 0 Å². The maximum absolute atomic E-state index is 12.2. The highest BCUT2D eigenvalue weighted by atomic mass is 35.5. The fourth-order valence-electron chi connectivity index (χ4n) is 2.71. The van der Waals surface area contributed by atoms with E-state index < -0.39 is 11.6 Å². The van der Waals surface area contributed by atoms with Crippen molar-refractivity contribution in [2.75, 3.05) is 13.7 Å². The van der Waals surface area contributed by atoms with Crippen LogP contribution in [0.1, 0.15) is 38.5 Å². The lowest BCUT2D eigenvalue weighted by atomic mass is 9.74. The standard InChI is InChI=1S/C13H22N2O4.ClH/c1-18-11(16)7-13(5-2-6-13)15-12(17)10-4-3-9(8-14)19-10;/h9-10H,2-8,14H2,1H3,(H,15,17);1H/t9-,10+;/m1./s1. The van der Waals surface area contributed by atoms with Gasteiger partial charge in [0.25, 0.3) is 0 Å². The van der Waals surface area contributed by atoms with E-state index >= 15 is 0 Å². The number of halogens is 1. The summed E-state index contributed by atoms with van der Waals surface area (Å²) >= 11 is 0. The van der Waals surface area contributed by atoms with Crippen molar-refractivity contribution >= 4 is 24.3 Å². The summed E-state index contributed by atoms with van der Waals surface area (Å²) in [5.41, 5.74) is 5.10. The van der Waals surface area contributed by atoms with Gasteiger partial charge in [0, 0.05) is 6.54 Å². The Morgan fingerprint density at radius 3 is 2.55 bits per heavy atom. The molecule has 1 aliphatic heterocycles. The number of nitrogens with one attached hydrogen (secondary N) is 1. The highest BCUT2D eigenvalue weighted by Crippen LogP contribution is 2.35. The third-order valence-electron chi connectivity index (χ3n) is 4.07. The van der Waals surface area contributed by atoms with Crippen molar-refractivity contribution in [3.63, 3.8) is 0 Å². The van der Waals surface area contributed by atoms with Gasteiger partial charge in [-0.25, -0.2) is 0 Å². The Morgan fingerprint density at radius 2 is 2.10 bits per heavy atom. The number of carbonyl (C=O) groups is 2. The Bertz CT molecular complexity index is 360. The van der Waals surface area contributed by atoms with E-state index in [1.807, 2.05) is 0 Å². The second-order valence-corrected chi connectivity index (χ2v) is 5.44. The first kappa shape index (κ1) is 17.2. The number of carbonyl (C=O) groups excluding carboxylic acids is 2. The highest BCUT2D eigenvalue weighted by molar-refractivity contribution is 5.85. The molecule has 0 spiro atoms. The zero-order valence-electron chi connectivity index (χ0n) is 11.7. The van der Waals surface area contributed by atoms with Crippen LogP contribution in [0, 0.1) is 0 Å². The number of rotatable bonds is 5. The van der Waals surface area contributed by atoms with Crippen LogP contribution in [-0.4, -0.2) is 43.3 Å². The number of nitrogens with two attached hydrogens (primary N) is 1. The number of ether oxygens (including phenoxy) is 2. The molecule has 2 fully saturated rings. The Balaban J connectivity index is 0.00000200. The topological polar surface area (TPSA) is 90.7 Å². The van der Waals surface area contributed by atoms with Gasteiger partial charge in [-0.15, -0.1) is 12.4 Å². The molecule has 1 heterocycles. The van der Waals surface area contributed by atoms with Crippen LogP contribution in [0.15, 0.2) is 0 Å². The Morgan fingerprint density at radius 1 is 1.40 bits per heavy atom. The second kappa shape index (κ2) is 7.24. The first-order valence-electron chi connectivity index (χ1n) is 6.83. The zero-order valence-corrected chi connectivity index (χ0v) is 12.5. The average molecular weight is 307 g/mol. The van der Waals surface area contributed by atoms with Gasteiger partial charge in [0.1, 0.15) is 6.10 Å². The van der Waals surface area contributed by atoms with Crippen LogP contribution in [-0.2, 0) is 19.1 Å². The van der Waals surface area contributed by atoms with E-state index in [4.69, 9.17) is 10.5 Å². The lowest BCUT2D eigenvalue weighted by molar-refractivity contribution is -0.145. The average Bonchev–Trinajstić information content (AvgIpc) is 2.84. The van der Waals surface area contributed by atoms with E-state index in [2.05, 4.69) is 10.1 Å². The van der Waals surface area contributed by atoms with E-state index in [0.717, 1.165) is 25.7 Å². The molecule has 116 valence electrons. The molecule has 3 N–H and O–H groups in total. The molecule has 1 aliphatic carbocycles. The van der Waals surface area contributed by atoms with E-state index in [9.17, 15) is 9.59 Å². The Hall–Kier alpha value is -0.850. The maximum Gasteiger partial charge on any atom is 0.307 e. The van der Waals surface area contributed by atoms with Gasteiger partial charge in [0.05, 0.1) is 25.2 Å². The van der Waals surface area contributed by atoms with Crippen LogP contribution < -0.4 is 11.1 Å². The molecular weight excluding hydrogens is 284 g/mol. The molecule has 0 aromatic rings. The van der Waals surface area contributed by atoms with Crippen molar-refractivity contribution in [1.82, 2.24) is 5.32 Å². The summed E-state index contributed by atoms with van der Waals surface area (Å²) in [6.45, 7) is 0.442. The summed E-state index contributed by atoms with van der Waals surface area (Å²) in [5.74, 6) is -0.410. The quantitative estimate of drug-likeness (QED) is 0.723. The van der Waals surface area contributed by atoms with Gasteiger partial charge in [-0.3, -0.25) is 9.59 Å². The molecule has 0 bridgehead atoms. The van der Waals surface area contributed by atoms with Crippen molar-refractivity contribution in [2.45, 2.75) is 56.3 Å². The van der Waals surface area contributed by atoms with E-state index in [1.54, 1.807) is 0 Å². The predicted octanol–water partition coefficient (Wildman–Crippen LogP) is 0.516. The largest absolute Gasteiger partial charge is 0.469 e. The second-order valence-electron chi connectivity index (χ2n) is 5.44. The summed E-state index contributed by atoms with van der Waals surface area (Å²) in [7, 11) is 1.36. The van der Waals surface area contributed by atoms with Crippen LogP contribution in [0.4, 0.5) is 0 Å². The van der Waals surface area contributed by atoms with Gasteiger partial charge in [-0.2, -0.15) is 0 Å². The van der Waals surface area contributed by atoms with E-state index in [1.165, 1.54) is 7.11 Å². The van der Waals surface area contributed by atoms with Gasteiger partial charge >= 0.3 is 5.97 Å². The number of methoxy groups -OCH3 is 1. The number of hydrogen-bond acceptors (Lipinski definition) is 5. The van der Waals surface area contributed by atoms with Crippen LogP contribution >= 0.6 is 12.4 Å². The van der Waals surface area contributed by atoms with Gasteiger partial charge < -0.3 is 20.5 Å². The summed E-state index contributed by atoms with van der Waals surface area (Å²) in [6.07, 6.45) is 3.97. The van der Waals surface area contributed by atoms with Crippen LogP contribution in [0.25, 0.3) is 0 Å². The summed E-state index contributed by atoms with van der Waals surface area (Å²) < 4.78 is 10.3. The molecular formula is C13H23ClN2O4. The number of hydrogen-bond donors (Lipinski definition) is 2. The van der Waals surface area contributed by atoms with Crippen LogP contribution in [0.5, 0.6) is 0 Å². The molecule has 1 saturated carbocycles. The molecule has 2 aliphatic rings. The smallest absolute Gasteiger partial charge is 0.307 e. The molecule has 0 aromatic heterocycles. The number of amides is 1. The molecule has 0 unspecified atom stereocenters. The molecule has 2 atom stereocenters. The van der Waals surface area contributed by atoms with Gasteiger partial charge in [0.15, 0.2) is 0 Å². The highest BCUT2D eigenvalue weighted by Gasteiger charge is 2.42. The summed E-state index contributed by atoms with van der Waals surface area (Å²) in [5, 5.41) is 2.98. The van der Waals surface area contributed by atoms with Gasteiger partial charge in [-0.05, 0) is 32.1 Å². The molecule has 0 aromatic carbocycles. The Kier molecular flexibility index (Phi) is 6.23. The number of esters is 1. The van der Waals surface area contributed by atoms with E-state index in [-0.39, 0.29) is 36.8 Å². The maximum atomic E-state index is 12.2. The minimum absolute atomic E-state index is 0. The molecule has 0 radical (unpaired) electrons. The summed E-state index contributed by atoms with van der Waals surface area (Å²) in [4.78, 5) is 23.6. The van der Waals surface area contributed by atoms with Crippen molar-refractivity contribution in [3.05, 3.63) is 0 Å². The van der Waals surface area contributed by atoms with Crippen molar-refractivity contribution in [2.24, 2.45) is 5.73 Å². The fraction of sp³-hybridized carbons (Fsp3) is 0.846. The minimum Gasteiger partial charge on any atom is -0.469 e. The molecule has 7 heteroatoms. The normalized spacial score (nSPS) is 27.1. The first-order valence-corrected chi connectivity index (χ1v) is 6.83. The molecule has 20 heavy (non-hydrogen) atoms. The lowest BCUT2D eigenvalue weighted by Gasteiger charge is -2.42. The minimum atomic E-state index is -0.427. The van der Waals surface area contributed by atoms with Gasteiger partial charge in [0.2, 0.25) is 5.91 Å². The SMILES string of the molecule is COC(=O)CC1(NC(=O)[C@@H]2CC[C@H](CN)O2)CCC1.Cl. The molecule has 2 rings (SSSR count). The fourth-order valence-corrected chi connectivity index (χ4v) is 2.71. The van der Waals surface area contributed by atoms with Crippen molar-refractivity contribution in [3.8, 4) is 0 Å². The molecule has 1 amide bonds. The predicted molar refractivity (Wildman–Crippen MR) is 75.6 cm³/mol. The van der Waals surface area contributed by atoms with E-state index in [0.29, 0.717) is 13.0 Å². The molecule has 6 nitrogen and oxygen atoms in total.